The van der Waals surface area contributed by atoms with Crippen molar-refractivity contribution >= 4 is 34.4 Å². The van der Waals surface area contributed by atoms with E-state index in [1.165, 1.54) is 0 Å². The molecule has 5 aliphatic heterocycles. The van der Waals surface area contributed by atoms with Gasteiger partial charge in [-0.3, -0.25) is 19.7 Å². The Morgan fingerprint density at radius 2 is 1.82 bits per heavy atom. The lowest BCUT2D eigenvalue weighted by atomic mass is 9.72. The van der Waals surface area contributed by atoms with Gasteiger partial charge in [-0.25, -0.2) is 4.79 Å². The van der Waals surface area contributed by atoms with Crippen LogP contribution in [0.3, 0.4) is 0 Å². The predicted octanol–water partition coefficient (Wildman–Crippen LogP) is 5.40. The van der Waals surface area contributed by atoms with Crippen molar-refractivity contribution in [1.82, 2.24) is 14.8 Å². The Hall–Kier alpha value is -3.73. The standard InChI is InChI=1S/C45H65N5O10/c1-11-35-45(8)39-27(4)36(47-18-19-50(39)43(53)60-45)25(2)21-44(7)40(59-42-37(51)34(49(9)10)20-26(3)57-42)28(5)38(29(6)41(52)58-35)54-23-31(24-55-44)48-56-22-30-16-17-46-33-15-13-12-14-32(30)33/h12-17,25-29,34-35,37-40,42,51H,11,18-24H2,1-10H3/b48-31+/t25-,26+,27+,28+,29-,34-,35-,37+,38+,39-,40-,42-,44-,45-/m1/s1. The van der Waals surface area contributed by atoms with Crippen LogP contribution in [0.1, 0.15) is 80.2 Å². The molecule has 1 N–H and O–H groups in total. The van der Waals surface area contributed by atoms with Gasteiger partial charge in [0, 0.05) is 47.3 Å². The van der Waals surface area contributed by atoms with E-state index in [1.54, 1.807) is 18.0 Å². The minimum Gasteiger partial charge on any atom is -0.458 e. The summed E-state index contributed by atoms with van der Waals surface area (Å²) in [6.45, 7) is 16.8. The number of aromatic nitrogens is 1. The first-order chi connectivity index (χ1) is 28.6. The Balaban J connectivity index is 1.31. The second kappa shape index (κ2) is 17.9. The van der Waals surface area contributed by atoms with Gasteiger partial charge in [-0.05, 0) is 79.1 Å². The third kappa shape index (κ3) is 8.54. The molecule has 2 aromatic rings. The van der Waals surface area contributed by atoms with Crippen molar-refractivity contribution in [2.45, 2.75) is 141 Å². The van der Waals surface area contributed by atoms with E-state index >= 15 is 0 Å². The van der Waals surface area contributed by atoms with Crippen LogP contribution in [0.4, 0.5) is 4.79 Å². The monoisotopic (exact) mass is 835 g/mol. The number of cyclic esters (lactones) is 1. The maximum absolute atomic E-state index is 14.6. The summed E-state index contributed by atoms with van der Waals surface area (Å²) in [4.78, 5) is 47.5. The summed E-state index contributed by atoms with van der Waals surface area (Å²) in [6, 6.07) is 9.13. The SMILES string of the molecule is CC[C@H]1OC(=O)[C@H](C)[C@H]2OC/C(=N\OCc3ccnc4ccccc34)CO[C@](C)(C[C@@H](C)C3=NCCN4C(=O)O[C@@]1(C)[C@H]4[C@H]3C)[C@H](O[C@H]1O[C@@H](C)C[C@@H](N(C)C)[C@@H]1O)[C@H]2C. The number of oxime groups is 1. The summed E-state index contributed by atoms with van der Waals surface area (Å²) in [5, 5.41) is 17.4. The fourth-order valence-corrected chi connectivity index (χ4v) is 10.7. The van der Waals surface area contributed by atoms with Crippen LogP contribution in [0.2, 0.25) is 0 Å². The molecule has 6 heterocycles. The quantitative estimate of drug-likeness (QED) is 0.280. The van der Waals surface area contributed by atoms with Gasteiger partial charge >= 0.3 is 12.1 Å². The van der Waals surface area contributed by atoms with Crippen LogP contribution in [-0.4, -0.2) is 144 Å². The fraction of sp³-hybridized carbons (Fsp3) is 0.711. The molecule has 330 valence electrons. The van der Waals surface area contributed by atoms with Crippen molar-refractivity contribution < 1.29 is 48.0 Å². The number of rotatable bonds is 7. The van der Waals surface area contributed by atoms with Crippen molar-refractivity contribution in [3.8, 4) is 0 Å². The van der Waals surface area contributed by atoms with E-state index < -0.39 is 71.8 Å². The molecule has 0 radical (unpaired) electrons. The van der Waals surface area contributed by atoms with Crippen LogP contribution in [0.5, 0.6) is 0 Å². The molecule has 60 heavy (non-hydrogen) atoms. The Morgan fingerprint density at radius 1 is 1.05 bits per heavy atom. The molecular weight excluding hydrogens is 771 g/mol. The third-order valence-electron chi connectivity index (χ3n) is 13.7. The molecule has 1 amide bonds. The molecule has 4 bridgehead atoms. The van der Waals surface area contributed by atoms with Crippen LogP contribution < -0.4 is 0 Å². The molecule has 4 fully saturated rings. The highest BCUT2D eigenvalue weighted by Crippen LogP contribution is 2.45. The zero-order chi connectivity index (χ0) is 43.1. The second-order valence-corrected chi connectivity index (χ2v) is 18.3. The van der Waals surface area contributed by atoms with Crippen LogP contribution in [0.25, 0.3) is 10.9 Å². The summed E-state index contributed by atoms with van der Waals surface area (Å²) < 4.78 is 39.9. The number of aliphatic hydroxyl groups is 1. The van der Waals surface area contributed by atoms with Gasteiger partial charge in [0.15, 0.2) is 11.9 Å². The smallest absolute Gasteiger partial charge is 0.410 e. The Morgan fingerprint density at radius 3 is 2.57 bits per heavy atom. The number of carbonyl (C=O) groups excluding carboxylic acids is 2. The van der Waals surface area contributed by atoms with Crippen LogP contribution in [0.15, 0.2) is 46.7 Å². The normalized spacial score (nSPS) is 39.9. The molecule has 0 spiro atoms. The first-order valence-electron chi connectivity index (χ1n) is 21.7. The molecule has 5 aliphatic rings. The number of para-hydroxylation sites is 1. The van der Waals surface area contributed by atoms with Gasteiger partial charge in [0.2, 0.25) is 0 Å². The van der Waals surface area contributed by atoms with Crippen LogP contribution >= 0.6 is 0 Å². The number of fused-ring (bicyclic) bond motifs is 5. The molecular formula is C45H65N5O10. The number of hydrogen-bond acceptors (Lipinski definition) is 14. The van der Waals surface area contributed by atoms with E-state index in [0.29, 0.717) is 38.1 Å². The molecule has 0 unspecified atom stereocenters. The zero-order valence-corrected chi connectivity index (χ0v) is 36.9. The molecule has 14 atom stereocenters. The maximum atomic E-state index is 14.6. The maximum Gasteiger partial charge on any atom is 0.410 e. The number of hydrogen-bond donors (Lipinski definition) is 1. The molecule has 1 aromatic heterocycles. The lowest BCUT2D eigenvalue weighted by Gasteiger charge is -2.48. The Labute approximate surface area is 354 Å². The molecule has 7 rings (SSSR count). The van der Waals surface area contributed by atoms with Crippen LogP contribution in [-0.2, 0) is 44.7 Å². The Bertz CT molecular complexity index is 1920. The number of aliphatic hydroxyl groups excluding tert-OH is 1. The van der Waals surface area contributed by atoms with Gasteiger partial charge in [-0.1, -0.05) is 51.0 Å². The number of amides is 1. The van der Waals surface area contributed by atoms with Gasteiger partial charge in [-0.15, -0.1) is 0 Å². The Kier molecular flexibility index (Phi) is 13.3. The van der Waals surface area contributed by atoms with E-state index in [0.717, 1.165) is 22.2 Å². The summed E-state index contributed by atoms with van der Waals surface area (Å²) in [5.41, 5.74) is 0.961. The topological polar surface area (TPSA) is 163 Å². The minimum absolute atomic E-state index is 0.00231. The van der Waals surface area contributed by atoms with Gasteiger partial charge in [0.25, 0.3) is 0 Å². The lowest BCUT2D eigenvalue weighted by Crippen LogP contribution is -2.60. The molecule has 0 saturated carbocycles. The van der Waals surface area contributed by atoms with Crippen LogP contribution in [0, 0.1) is 23.7 Å². The van der Waals surface area contributed by atoms with E-state index in [4.69, 9.17) is 38.3 Å². The van der Waals surface area contributed by atoms with E-state index in [1.807, 2.05) is 83.9 Å². The summed E-state index contributed by atoms with van der Waals surface area (Å²) in [5.74, 6) is -2.25. The first kappa shape index (κ1) is 44.3. The largest absolute Gasteiger partial charge is 0.458 e. The van der Waals surface area contributed by atoms with Gasteiger partial charge in [0.05, 0.1) is 61.1 Å². The molecule has 0 aliphatic carbocycles. The number of aliphatic imine (C=N–C) groups is 1. The number of nitrogens with zero attached hydrogens (tertiary/aromatic N) is 5. The number of pyridine rings is 1. The molecule has 4 saturated heterocycles. The zero-order valence-electron chi connectivity index (χ0n) is 36.9. The second-order valence-electron chi connectivity index (χ2n) is 18.3. The first-order valence-corrected chi connectivity index (χ1v) is 21.7. The summed E-state index contributed by atoms with van der Waals surface area (Å²) in [6.07, 6.45) is -1.69. The van der Waals surface area contributed by atoms with Gasteiger partial charge in [-0.2, -0.15) is 0 Å². The number of ether oxygens (including phenoxy) is 6. The number of carbonyl (C=O) groups is 2. The van der Waals surface area contributed by atoms with Gasteiger partial charge in [0.1, 0.15) is 24.5 Å². The van der Waals surface area contributed by atoms with E-state index in [-0.39, 0.29) is 43.8 Å². The number of esters is 1. The van der Waals surface area contributed by atoms with Crippen molar-refractivity contribution in [3.05, 3.63) is 42.1 Å². The third-order valence-corrected chi connectivity index (χ3v) is 13.7. The lowest BCUT2D eigenvalue weighted by molar-refractivity contribution is -0.302. The van der Waals surface area contributed by atoms with Crippen molar-refractivity contribution in [2.75, 3.05) is 40.4 Å². The molecule has 15 nitrogen and oxygen atoms in total. The molecule has 1 aromatic carbocycles. The summed E-state index contributed by atoms with van der Waals surface area (Å²) in [7, 11) is 3.88. The highest BCUT2D eigenvalue weighted by Gasteiger charge is 2.60. The van der Waals surface area contributed by atoms with Gasteiger partial charge < -0.3 is 43.3 Å². The fourth-order valence-electron chi connectivity index (χ4n) is 10.7. The highest BCUT2D eigenvalue weighted by molar-refractivity contribution is 5.91. The minimum atomic E-state index is -1.14. The highest BCUT2D eigenvalue weighted by atomic mass is 16.7. The predicted molar refractivity (Wildman–Crippen MR) is 224 cm³/mol. The number of benzene rings is 1. The van der Waals surface area contributed by atoms with E-state index in [9.17, 15) is 14.7 Å². The summed E-state index contributed by atoms with van der Waals surface area (Å²) >= 11 is 0. The van der Waals surface area contributed by atoms with E-state index in [2.05, 4.69) is 24.0 Å². The average Bonchev–Trinajstić information content (AvgIpc) is 3.36. The number of likely N-dealkylation sites (N-methyl/N-ethyl adjacent to an activating group) is 1. The average molecular weight is 836 g/mol. The van der Waals surface area contributed by atoms with Crippen molar-refractivity contribution in [2.24, 2.45) is 33.8 Å². The molecule has 15 heteroatoms. The van der Waals surface area contributed by atoms with Crippen molar-refractivity contribution in [3.63, 3.8) is 0 Å². The van der Waals surface area contributed by atoms with Crippen molar-refractivity contribution in [1.29, 1.82) is 0 Å².